The van der Waals surface area contributed by atoms with Gasteiger partial charge in [-0.3, -0.25) is 9.89 Å². The lowest BCUT2D eigenvalue weighted by atomic mass is 10.2. The first kappa shape index (κ1) is 17.5. The molecular weight excluding hydrogens is 332 g/mol. The highest BCUT2D eigenvalue weighted by Gasteiger charge is 2.17. The molecular formula is C18H20N6O2. The minimum atomic E-state index is -0.368. The number of nitrogens with one attached hydrogen (secondary N) is 1. The van der Waals surface area contributed by atoms with Crippen LogP contribution in [-0.2, 0) is 6.42 Å². The van der Waals surface area contributed by atoms with Crippen molar-refractivity contribution in [1.29, 1.82) is 0 Å². The molecule has 0 saturated carbocycles. The van der Waals surface area contributed by atoms with Crippen LogP contribution in [0.4, 0.5) is 11.4 Å². The number of nitrogens with zero attached hydrogens (tertiary/aromatic N) is 5. The Balaban J connectivity index is 2.05. The van der Waals surface area contributed by atoms with E-state index in [4.69, 9.17) is 4.74 Å². The molecule has 0 radical (unpaired) electrons. The topological polar surface area (TPSA) is 97.5 Å². The molecule has 3 aromatic rings. The third kappa shape index (κ3) is 3.26. The summed E-state index contributed by atoms with van der Waals surface area (Å²) in [5.41, 5.74) is 2.77. The highest BCUT2D eigenvalue weighted by molar-refractivity contribution is 5.43. The number of azo groups is 1. The second kappa shape index (κ2) is 7.30. The number of ether oxygens (including phenoxy) is 1. The van der Waals surface area contributed by atoms with Crippen molar-refractivity contribution in [3.63, 3.8) is 0 Å². The van der Waals surface area contributed by atoms with Gasteiger partial charge in [-0.15, -0.1) is 5.11 Å². The van der Waals surface area contributed by atoms with E-state index >= 15 is 0 Å². The minimum absolute atomic E-state index is 0.214. The number of methoxy groups -OCH3 is 1. The summed E-state index contributed by atoms with van der Waals surface area (Å²) in [4.78, 5) is 21.5. The Morgan fingerprint density at radius 3 is 2.54 bits per heavy atom. The largest absolute Gasteiger partial charge is 0.481 e. The van der Waals surface area contributed by atoms with E-state index in [1.165, 1.54) is 4.68 Å². The monoisotopic (exact) mass is 352 g/mol. The maximum atomic E-state index is 12.7. The fourth-order valence-electron chi connectivity index (χ4n) is 2.63. The average Bonchev–Trinajstić information content (AvgIpc) is 2.94. The van der Waals surface area contributed by atoms with Gasteiger partial charge < -0.3 is 4.74 Å². The molecule has 0 unspecified atom stereocenters. The maximum absolute atomic E-state index is 12.7. The lowest BCUT2D eigenvalue weighted by molar-refractivity contribution is 0.389. The van der Waals surface area contributed by atoms with Gasteiger partial charge in [0, 0.05) is 11.3 Å². The summed E-state index contributed by atoms with van der Waals surface area (Å²) in [6.45, 7) is 5.62. The van der Waals surface area contributed by atoms with Crippen molar-refractivity contribution in [3.8, 4) is 11.8 Å². The first-order valence-electron chi connectivity index (χ1n) is 8.25. The van der Waals surface area contributed by atoms with E-state index in [0.717, 1.165) is 17.7 Å². The van der Waals surface area contributed by atoms with Crippen molar-refractivity contribution >= 4 is 11.4 Å². The predicted molar refractivity (Wildman–Crippen MR) is 98.0 cm³/mol. The van der Waals surface area contributed by atoms with E-state index < -0.39 is 0 Å². The lowest BCUT2D eigenvalue weighted by Gasteiger charge is -2.10. The van der Waals surface area contributed by atoms with E-state index in [2.05, 4.69) is 25.3 Å². The number of H-pyrrole nitrogens is 1. The molecule has 8 heteroatoms. The molecule has 3 rings (SSSR count). The van der Waals surface area contributed by atoms with Crippen LogP contribution in [0.5, 0.6) is 5.88 Å². The zero-order chi connectivity index (χ0) is 18.7. The molecule has 2 aromatic heterocycles. The highest BCUT2D eigenvalue weighted by Crippen LogP contribution is 2.21. The fourth-order valence-corrected chi connectivity index (χ4v) is 2.63. The Hall–Kier alpha value is -3.29. The van der Waals surface area contributed by atoms with Gasteiger partial charge >= 0.3 is 5.56 Å². The van der Waals surface area contributed by atoms with Gasteiger partial charge in [0.2, 0.25) is 5.88 Å². The fraction of sp³-hybridized carbons (Fsp3) is 0.278. The number of aryl methyl sites for hydroxylation is 2. The number of aromatic nitrogens is 4. The molecule has 26 heavy (non-hydrogen) atoms. The number of hydrogen-bond donors (Lipinski definition) is 1. The van der Waals surface area contributed by atoms with Gasteiger partial charge in [0.25, 0.3) is 5.95 Å². The molecule has 0 amide bonds. The molecule has 0 bridgehead atoms. The summed E-state index contributed by atoms with van der Waals surface area (Å²) < 4.78 is 6.59. The quantitative estimate of drug-likeness (QED) is 0.710. The third-order valence-corrected chi connectivity index (χ3v) is 3.97. The van der Waals surface area contributed by atoms with Crippen molar-refractivity contribution in [2.24, 2.45) is 10.2 Å². The van der Waals surface area contributed by atoms with Crippen molar-refractivity contribution in [3.05, 3.63) is 57.6 Å². The van der Waals surface area contributed by atoms with Gasteiger partial charge in [-0.1, -0.05) is 25.1 Å². The molecule has 0 aliphatic rings. The Kier molecular flexibility index (Phi) is 4.92. The number of hydrogen-bond acceptors (Lipinski definition) is 6. The molecule has 0 saturated heterocycles. The van der Waals surface area contributed by atoms with Gasteiger partial charge in [-0.05, 0) is 32.4 Å². The molecule has 0 aliphatic carbocycles. The molecule has 134 valence electrons. The normalized spacial score (nSPS) is 11.2. The zero-order valence-corrected chi connectivity index (χ0v) is 15.1. The van der Waals surface area contributed by atoms with Gasteiger partial charge in [0.15, 0.2) is 5.69 Å². The summed E-state index contributed by atoms with van der Waals surface area (Å²) in [6, 6.07) is 9.22. The van der Waals surface area contributed by atoms with E-state index in [1.807, 2.05) is 44.2 Å². The Morgan fingerprint density at radius 2 is 1.88 bits per heavy atom. The molecule has 1 aromatic carbocycles. The van der Waals surface area contributed by atoms with Crippen LogP contribution < -0.4 is 10.3 Å². The molecule has 0 aliphatic heterocycles. The van der Waals surface area contributed by atoms with E-state index in [0.29, 0.717) is 17.3 Å². The summed E-state index contributed by atoms with van der Waals surface area (Å²) in [7, 11) is 1.55. The van der Waals surface area contributed by atoms with Gasteiger partial charge in [-0.2, -0.15) is 14.8 Å². The van der Waals surface area contributed by atoms with Crippen LogP contribution in [0.15, 0.2) is 45.4 Å². The summed E-state index contributed by atoms with van der Waals surface area (Å²) >= 11 is 0. The second-order valence-electron chi connectivity index (χ2n) is 5.71. The van der Waals surface area contributed by atoms with Crippen LogP contribution in [-0.4, -0.2) is 26.9 Å². The Morgan fingerprint density at radius 1 is 1.15 bits per heavy atom. The standard InChI is InChI=1S/C18H20N6O2/c1-5-14-11(2)19-18(20-16(14)26-4)24-17(25)15(12(3)23-24)22-21-13-9-7-6-8-10-13/h6-10,23H,5H2,1-4H3. The smallest absolute Gasteiger partial charge is 0.301 e. The van der Waals surface area contributed by atoms with Crippen molar-refractivity contribution in [2.45, 2.75) is 27.2 Å². The third-order valence-electron chi connectivity index (χ3n) is 3.97. The van der Waals surface area contributed by atoms with Crippen LogP contribution in [0, 0.1) is 13.8 Å². The molecule has 2 heterocycles. The second-order valence-corrected chi connectivity index (χ2v) is 5.71. The van der Waals surface area contributed by atoms with Crippen molar-refractivity contribution in [2.75, 3.05) is 7.11 Å². The summed E-state index contributed by atoms with van der Waals surface area (Å²) in [5, 5.41) is 11.2. The molecule has 0 fully saturated rings. The lowest BCUT2D eigenvalue weighted by Crippen LogP contribution is -2.18. The molecule has 8 nitrogen and oxygen atoms in total. The molecule has 1 N–H and O–H groups in total. The van der Waals surface area contributed by atoms with E-state index in [-0.39, 0.29) is 17.2 Å². The minimum Gasteiger partial charge on any atom is -0.481 e. The van der Waals surface area contributed by atoms with Crippen LogP contribution in [0.25, 0.3) is 5.95 Å². The number of benzene rings is 1. The van der Waals surface area contributed by atoms with Gasteiger partial charge in [-0.25, -0.2) is 4.98 Å². The van der Waals surface area contributed by atoms with Crippen LogP contribution >= 0.6 is 0 Å². The molecule has 0 atom stereocenters. The Bertz CT molecular complexity index is 1000. The average molecular weight is 352 g/mol. The SMILES string of the molecule is CCc1c(C)nc(-n2[nH]c(C)c(N=Nc3ccccc3)c2=O)nc1OC. The summed E-state index contributed by atoms with van der Waals surface area (Å²) in [6.07, 6.45) is 0.741. The predicted octanol–water partition coefficient (Wildman–Crippen LogP) is 3.56. The van der Waals surface area contributed by atoms with Crippen molar-refractivity contribution < 1.29 is 4.74 Å². The maximum Gasteiger partial charge on any atom is 0.301 e. The first-order valence-corrected chi connectivity index (χ1v) is 8.25. The highest BCUT2D eigenvalue weighted by atomic mass is 16.5. The van der Waals surface area contributed by atoms with E-state index in [9.17, 15) is 4.79 Å². The van der Waals surface area contributed by atoms with E-state index in [1.54, 1.807) is 14.0 Å². The van der Waals surface area contributed by atoms with Crippen molar-refractivity contribution in [1.82, 2.24) is 19.7 Å². The van der Waals surface area contributed by atoms with Crippen LogP contribution in [0.1, 0.15) is 23.9 Å². The van der Waals surface area contributed by atoms with Gasteiger partial charge in [0.05, 0.1) is 18.5 Å². The van der Waals surface area contributed by atoms with Crippen LogP contribution in [0.3, 0.4) is 0 Å². The zero-order valence-electron chi connectivity index (χ0n) is 15.1. The molecule has 0 spiro atoms. The number of aromatic amines is 1. The van der Waals surface area contributed by atoms with Crippen LogP contribution in [0.2, 0.25) is 0 Å². The Labute approximate surface area is 150 Å². The number of rotatable bonds is 5. The van der Waals surface area contributed by atoms with Gasteiger partial charge in [0.1, 0.15) is 0 Å². The summed E-state index contributed by atoms with van der Waals surface area (Å²) in [5.74, 6) is 0.674. The first-order chi connectivity index (χ1) is 12.5.